The molecule has 6 heterocycles. The summed E-state index contributed by atoms with van der Waals surface area (Å²) >= 11 is 0. The number of nitrogens with zero attached hydrogens (tertiary/aromatic N) is 12. The van der Waals surface area contributed by atoms with E-state index in [0.717, 1.165) is 34.6 Å². The summed E-state index contributed by atoms with van der Waals surface area (Å²) in [6.07, 6.45) is 9.44. The molecule has 192 valence electrons. The molecule has 0 aliphatic heterocycles. The van der Waals surface area contributed by atoms with Gasteiger partial charge in [-0.1, -0.05) is 0 Å². The minimum atomic E-state index is 0.856. The Morgan fingerprint density at radius 3 is 0.750 bits per heavy atom. The van der Waals surface area contributed by atoms with Crippen molar-refractivity contribution in [3.05, 3.63) is 72.1 Å². The molecule has 0 amide bonds. The SMILES string of the molecule is Cc1cn[nH]n1.Cc1cn[nH]n1.Cc1cn[nH]n1.Cc1ncn[nH]1.Cc1ncn[nH]1.Cc1ncn[nH]1. The minimum absolute atomic E-state index is 0.856. The van der Waals surface area contributed by atoms with Crippen molar-refractivity contribution in [3.8, 4) is 0 Å². The maximum absolute atomic E-state index is 3.75. The second kappa shape index (κ2) is 18.3. The van der Waals surface area contributed by atoms with Gasteiger partial charge in [0, 0.05) is 0 Å². The van der Waals surface area contributed by atoms with Crippen molar-refractivity contribution in [3.63, 3.8) is 0 Å². The van der Waals surface area contributed by atoms with Crippen LogP contribution in [0.2, 0.25) is 0 Å². The average Bonchev–Trinajstić information content (AvgIpc) is 3.67. The van der Waals surface area contributed by atoms with Gasteiger partial charge in [-0.3, -0.25) is 15.3 Å². The van der Waals surface area contributed by atoms with Crippen LogP contribution < -0.4 is 0 Å². The van der Waals surface area contributed by atoms with E-state index in [0.29, 0.717) is 0 Å². The zero-order valence-corrected chi connectivity index (χ0v) is 20.8. The monoisotopic (exact) mass is 498 g/mol. The lowest BCUT2D eigenvalue weighted by Crippen LogP contribution is -1.68. The van der Waals surface area contributed by atoms with Gasteiger partial charge in [0.25, 0.3) is 0 Å². The van der Waals surface area contributed by atoms with Crippen molar-refractivity contribution in [1.82, 2.24) is 91.8 Å². The van der Waals surface area contributed by atoms with Crippen LogP contribution in [0, 0.1) is 41.5 Å². The Labute approximate surface area is 206 Å². The Morgan fingerprint density at radius 2 is 0.694 bits per heavy atom. The normalized spacial score (nSPS) is 8.83. The lowest BCUT2D eigenvalue weighted by molar-refractivity contribution is 0.928. The molecule has 18 nitrogen and oxygen atoms in total. The zero-order chi connectivity index (χ0) is 26.4. The predicted octanol–water partition coefficient (Wildman–Crippen LogP) is 0.679. The first kappa shape index (κ1) is 28.9. The van der Waals surface area contributed by atoms with E-state index in [-0.39, 0.29) is 0 Å². The highest BCUT2D eigenvalue weighted by Gasteiger charge is 1.78. The third-order valence-electron chi connectivity index (χ3n) is 3.21. The van der Waals surface area contributed by atoms with Gasteiger partial charge in [0.2, 0.25) is 0 Å². The van der Waals surface area contributed by atoms with Crippen LogP contribution in [0.1, 0.15) is 34.6 Å². The summed E-state index contributed by atoms with van der Waals surface area (Å²) in [5.41, 5.74) is 2.78. The molecular formula is C18H30N18. The molecular weight excluding hydrogens is 468 g/mol. The molecule has 6 rings (SSSR count). The van der Waals surface area contributed by atoms with E-state index in [1.54, 1.807) is 18.6 Å². The zero-order valence-electron chi connectivity index (χ0n) is 20.8. The van der Waals surface area contributed by atoms with Gasteiger partial charge in [-0.25, -0.2) is 15.0 Å². The van der Waals surface area contributed by atoms with E-state index in [1.807, 2.05) is 41.5 Å². The van der Waals surface area contributed by atoms with Crippen LogP contribution in [0.15, 0.2) is 37.6 Å². The van der Waals surface area contributed by atoms with E-state index in [9.17, 15) is 0 Å². The van der Waals surface area contributed by atoms with Crippen LogP contribution in [-0.4, -0.2) is 91.8 Å². The molecule has 0 spiro atoms. The maximum Gasteiger partial charge on any atom is 0.137 e. The summed E-state index contributed by atoms with van der Waals surface area (Å²) in [7, 11) is 0. The third kappa shape index (κ3) is 16.5. The predicted molar refractivity (Wildman–Crippen MR) is 127 cm³/mol. The van der Waals surface area contributed by atoms with Crippen molar-refractivity contribution in [2.24, 2.45) is 0 Å². The Balaban J connectivity index is 0.000000216. The number of hydrogen-bond acceptors (Lipinski definition) is 12. The molecule has 0 fully saturated rings. The number of rotatable bonds is 0. The molecule has 0 aliphatic rings. The van der Waals surface area contributed by atoms with E-state index in [4.69, 9.17) is 0 Å². The first-order valence-corrected chi connectivity index (χ1v) is 10.3. The lowest BCUT2D eigenvalue weighted by Gasteiger charge is -1.66. The number of hydrogen-bond donors (Lipinski definition) is 6. The Morgan fingerprint density at radius 1 is 0.417 bits per heavy atom. The second-order valence-corrected chi connectivity index (χ2v) is 6.55. The van der Waals surface area contributed by atoms with Crippen molar-refractivity contribution in [2.45, 2.75) is 41.5 Å². The summed E-state index contributed by atoms with van der Waals surface area (Å²) in [5, 5.41) is 47.8. The van der Waals surface area contributed by atoms with Crippen molar-refractivity contribution in [1.29, 1.82) is 0 Å². The Kier molecular flexibility index (Phi) is 14.7. The van der Waals surface area contributed by atoms with Gasteiger partial charge in [0.15, 0.2) is 0 Å². The third-order valence-corrected chi connectivity index (χ3v) is 3.21. The van der Waals surface area contributed by atoms with Gasteiger partial charge < -0.3 is 0 Å². The van der Waals surface area contributed by atoms with Crippen LogP contribution >= 0.6 is 0 Å². The van der Waals surface area contributed by atoms with E-state index < -0.39 is 0 Å². The van der Waals surface area contributed by atoms with Crippen molar-refractivity contribution in [2.75, 3.05) is 0 Å². The molecule has 6 N–H and O–H groups in total. The van der Waals surface area contributed by atoms with Gasteiger partial charge in [-0.2, -0.15) is 61.5 Å². The first-order valence-electron chi connectivity index (χ1n) is 10.3. The summed E-state index contributed by atoms with van der Waals surface area (Å²) in [6, 6.07) is 0. The molecule has 18 heteroatoms. The van der Waals surface area contributed by atoms with Crippen LogP contribution in [0.25, 0.3) is 0 Å². The van der Waals surface area contributed by atoms with E-state index in [2.05, 4.69) is 91.8 Å². The van der Waals surface area contributed by atoms with E-state index >= 15 is 0 Å². The molecule has 0 unspecified atom stereocenters. The van der Waals surface area contributed by atoms with Crippen LogP contribution in [0.5, 0.6) is 0 Å². The number of aryl methyl sites for hydroxylation is 6. The van der Waals surface area contributed by atoms with Crippen molar-refractivity contribution >= 4 is 0 Å². The highest BCUT2D eigenvalue weighted by atomic mass is 15.3. The number of aromatic amines is 6. The van der Waals surface area contributed by atoms with Gasteiger partial charge in [0.1, 0.15) is 36.5 Å². The topological polar surface area (TPSA) is 249 Å². The van der Waals surface area contributed by atoms with Crippen LogP contribution in [-0.2, 0) is 0 Å². The molecule has 0 aromatic carbocycles. The largest absolute Gasteiger partial charge is 0.264 e. The molecule has 6 aromatic rings. The minimum Gasteiger partial charge on any atom is -0.264 e. The van der Waals surface area contributed by atoms with Crippen LogP contribution in [0.4, 0.5) is 0 Å². The molecule has 0 radical (unpaired) electrons. The summed E-state index contributed by atoms with van der Waals surface area (Å²) in [4.78, 5) is 11.2. The second-order valence-electron chi connectivity index (χ2n) is 6.55. The molecule has 0 atom stereocenters. The molecule has 6 aromatic heterocycles. The van der Waals surface area contributed by atoms with Gasteiger partial charge in [-0.15, -0.1) is 0 Å². The van der Waals surface area contributed by atoms with Crippen molar-refractivity contribution < 1.29 is 0 Å². The first-order chi connectivity index (χ1) is 17.4. The highest BCUT2D eigenvalue weighted by Crippen LogP contribution is 1.78. The molecule has 36 heavy (non-hydrogen) atoms. The van der Waals surface area contributed by atoms with Gasteiger partial charge in [0.05, 0.1) is 35.7 Å². The maximum atomic E-state index is 3.75. The molecule has 0 saturated carbocycles. The van der Waals surface area contributed by atoms with E-state index in [1.165, 1.54) is 19.0 Å². The van der Waals surface area contributed by atoms with Gasteiger partial charge >= 0.3 is 0 Å². The molecule has 0 saturated heterocycles. The average molecular weight is 499 g/mol. The quantitative estimate of drug-likeness (QED) is 0.169. The van der Waals surface area contributed by atoms with Crippen LogP contribution in [0.3, 0.4) is 0 Å². The lowest BCUT2D eigenvalue weighted by atomic mass is 10.6. The van der Waals surface area contributed by atoms with Gasteiger partial charge in [-0.05, 0) is 41.5 Å². The summed E-state index contributed by atoms with van der Waals surface area (Å²) in [6.45, 7) is 11.2. The number of aromatic nitrogens is 18. The fraction of sp³-hybridized carbons (Fsp3) is 0.333. The Bertz CT molecular complexity index is 908. The smallest absolute Gasteiger partial charge is 0.137 e. The fourth-order valence-electron chi connectivity index (χ4n) is 1.58. The fourth-order valence-corrected chi connectivity index (χ4v) is 1.58. The number of H-pyrrole nitrogens is 6. The summed E-state index contributed by atoms with van der Waals surface area (Å²) in [5.74, 6) is 2.57. The highest BCUT2D eigenvalue weighted by molar-refractivity contribution is 4.84. The number of nitrogens with one attached hydrogen (secondary N) is 6. The molecule has 0 aliphatic carbocycles. The standard InChI is InChI=1S/6C3H5N3/c3*1-3-4-2-5-6-3;3*1-3-2-4-6-5-3/h6*2H,1H3,(H,4,5,6). The summed E-state index contributed by atoms with van der Waals surface area (Å²) < 4.78 is 0. The molecule has 0 bridgehead atoms. The Hall–Kier alpha value is -5.16.